The van der Waals surface area contributed by atoms with Gasteiger partial charge in [-0.05, 0) is 24.1 Å². The molecule has 1 rings (SSSR count). The van der Waals surface area contributed by atoms with E-state index < -0.39 is 0 Å². The van der Waals surface area contributed by atoms with Crippen molar-refractivity contribution in [2.24, 2.45) is 5.92 Å². The molecule has 0 saturated carbocycles. The fraction of sp³-hybridized carbons (Fsp3) is 0.333. The zero-order valence-corrected chi connectivity index (χ0v) is 8.39. The molecule has 0 saturated heterocycles. The Bertz CT molecular complexity index is 426. The van der Waals surface area contributed by atoms with Gasteiger partial charge < -0.3 is 4.98 Å². The van der Waals surface area contributed by atoms with Crippen LogP contribution in [0.5, 0.6) is 0 Å². The van der Waals surface area contributed by atoms with Crippen LogP contribution >= 0.6 is 0 Å². The second-order valence-electron chi connectivity index (χ2n) is 3.45. The van der Waals surface area contributed by atoms with Gasteiger partial charge in [0.25, 0.3) is 0 Å². The van der Waals surface area contributed by atoms with Crippen molar-refractivity contribution in [3.05, 3.63) is 22.8 Å². The maximum atomic E-state index is 5.23. The average molecular weight is 173 g/mol. The summed E-state index contributed by atoms with van der Waals surface area (Å²) in [7, 11) is 0. The molecule has 0 unspecified atom stereocenters. The molecule has 0 aromatic carbocycles. The van der Waals surface area contributed by atoms with Gasteiger partial charge in [-0.2, -0.15) is 0 Å². The maximum Gasteiger partial charge on any atom is 0.0538 e. The van der Waals surface area contributed by atoms with Gasteiger partial charge in [-0.15, -0.1) is 6.42 Å². The van der Waals surface area contributed by atoms with Crippen LogP contribution in [0.15, 0.2) is 12.3 Å². The third kappa shape index (κ3) is 2.03. The van der Waals surface area contributed by atoms with E-state index >= 15 is 0 Å². The zero-order chi connectivity index (χ0) is 9.84. The molecule has 0 aliphatic rings. The number of hydrogen-bond donors (Lipinski definition) is 1. The van der Waals surface area contributed by atoms with Crippen LogP contribution in [0.25, 0.3) is 11.6 Å². The van der Waals surface area contributed by atoms with Crippen molar-refractivity contribution in [3.8, 4) is 12.3 Å². The SMILES string of the molecule is C#C/C=c1/[nH]cc/c1=C(/C)C(C)C. The van der Waals surface area contributed by atoms with Gasteiger partial charge >= 0.3 is 0 Å². The number of rotatable bonds is 1. The molecule has 0 atom stereocenters. The highest BCUT2D eigenvalue weighted by Gasteiger charge is 1.98. The van der Waals surface area contributed by atoms with E-state index in [-0.39, 0.29) is 0 Å². The van der Waals surface area contributed by atoms with Crippen molar-refractivity contribution in [1.82, 2.24) is 4.98 Å². The minimum Gasteiger partial charge on any atom is -0.361 e. The number of hydrogen-bond acceptors (Lipinski definition) is 0. The first-order chi connectivity index (χ1) is 6.16. The van der Waals surface area contributed by atoms with E-state index in [4.69, 9.17) is 6.42 Å². The lowest BCUT2D eigenvalue weighted by Crippen LogP contribution is -2.25. The van der Waals surface area contributed by atoms with Gasteiger partial charge in [0.2, 0.25) is 0 Å². The van der Waals surface area contributed by atoms with Gasteiger partial charge in [0, 0.05) is 12.3 Å². The first-order valence-corrected chi connectivity index (χ1v) is 4.47. The molecule has 0 radical (unpaired) electrons. The minimum absolute atomic E-state index is 0.556. The molecule has 68 valence electrons. The second-order valence-corrected chi connectivity index (χ2v) is 3.45. The standard InChI is InChI=1S/C12H15N/c1-5-6-12-11(7-8-13-12)10(4)9(2)3/h1,6-9,13H,2-4H3/b11-10+,12-6+. The van der Waals surface area contributed by atoms with Crippen LogP contribution in [0.4, 0.5) is 0 Å². The quantitative estimate of drug-likeness (QED) is 0.615. The molecule has 0 fully saturated rings. The highest BCUT2D eigenvalue weighted by Crippen LogP contribution is 2.05. The number of aromatic nitrogens is 1. The monoisotopic (exact) mass is 173 g/mol. The first kappa shape index (κ1) is 9.67. The maximum absolute atomic E-state index is 5.23. The first-order valence-electron chi connectivity index (χ1n) is 4.47. The molecule has 0 aliphatic heterocycles. The Morgan fingerprint density at radius 2 is 2.31 bits per heavy atom. The van der Waals surface area contributed by atoms with Gasteiger partial charge in [0.1, 0.15) is 0 Å². The number of H-pyrrole nitrogens is 1. The second kappa shape index (κ2) is 4.00. The van der Waals surface area contributed by atoms with E-state index in [1.807, 2.05) is 6.20 Å². The molecule has 1 heteroatoms. The highest BCUT2D eigenvalue weighted by atomic mass is 14.6. The Morgan fingerprint density at radius 3 is 2.85 bits per heavy atom. The third-order valence-electron chi connectivity index (χ3n) is 2.30. The average Bonchev–Trinajstić information content (AvgIpc) is 2.52. The Morgan fingerprint density at radius 1 is 1.62 bits per heavy atom. The predicted octanol–water partition coefficient (Wildman–Crippen LogP) is 1.26. The summed E-state index contributed by atoms with van der Waals surface area (Å²) < 4.78 is 0. The largest absolute Gasteiger partial charge is 0.361 e. The van der Waals surface area contributed by atoms with Gasteiger partial charge in [-0.3, -0.25) is 0 Å². The van der Waals surface area contributed by atoms with E-state index in [0.717, 1.165) is 5.35 Å². The molecular formula is C12H15N. The molecular weight excluding hydrogens is 158 g/mol. The molecule has 1 aromatic rings. The summed E-state index contributed by atoms with van der Waals surface area (Å²) in [5.74, 6) is 3.09. The molecule has 1 aromatic heterocycles. The van der Waals surface area contributed by atoms with Crippen LogP contribution in [0.2, 0.25) is 0 Å². The van der Waals surface area contributed by atoms with E-state index in [1.165, 1.54) is 10.8 Å². The van der Waals surface area contributed by atoms with Crippen molar-refractivity contribution >= 4 is 11.6 Å². The van der Waals surface area contributed by atoms with E-state index in [0.29, 0.717) is 5.92 Å². The van der Waals surface area contributed by atoms with Gasteiger partial charge in [-0.1, -0.05) is 25.3 Å². The fourth-order valence-electron chi connectivity index (χ4n) is 1.24. The summed E-state index contributed by atoms with van der Waals surface area (Å²) >= 11 is 0. The van der Waals surface area contributed by atoms with Crippen molar-refractivity contribution in [2.45, 2.75) is 20.8 Å². The predicted molar refractivity (Wildman–Crippen MR) is 57.3 cm³/mol. The van der Waals surface area contributed by atoms with Crippen LogP contribution in [0, 0.1) is 18.3 Å². The smallest absolute Gasteiger partial charge is 0.0538 e. The van der Waals surface area contributed by atoms with Crippen LogP contribution < -0.4 is 10.6 Å². The lowest BCUT2D eigenvalue weighted by atomic mass is 10.0. The fourth-order valence-corrected chi connectivity index (χ4v) is 1.24. The van der Waals surface area contributed by atoms with E-state index in [2.05, 4.69) is 37.7 Å². The molecule has 1 heterocycles. The van der Waals surface area contributed by atoms with Crippen molar-refractivity contribution in [1.29, 1.82) is 0 Å². The summed E-state index contributed by atoms with van der Waals surface area (Å²) in [6, 6.07) is 2.07. The van der Waals surface area contributed by atoms with Crippen molar-refractivity contribution in [2.75, 3.05) is 0 Å². The number of nitrogens with one attached hydrogen (secondary N) is 1. The summed E-state index contributed by atoms with van der Waals surface area (Å²) in [6.07, 6.45) is 8.92. The van der Waals surface area contributed by atoms with Gasteiger partial charge in [0.15, 0.2) is 0 Å². The normalized spacial score (nSPS) is 14.5. The molecule has 1 nitrogen and oxygen atoms in total. The van der Waals surface area contributed by atoms with Gasteiger partial charge in [-0.25, -0.2) is 0 Å². The van der Waals surface area contributed by atoms with E-state index in [1.54, 1.807) is 6.08 Å². The summed E-state index contributed by atoms with van der Waals surface area (Å²) in [6.45, 7) is 6.51. The Kier molecular flexibility index (Phi) is 2.97. The molecule has 1 N–H and O–H groups in total. The van der Waals surface area contributed by atoms with Crippen molar-refractivity contribution < 1.29 is 0 Å². The molecule has 0 bridgehead atoms. The molecule has 0 spiro atoms. The molecule has 13 heavy (non-hydrogen) atoms. The van der Waals surface area contributed by atoms with E-state index in [9.17, 15) is 0 Å². The molecule has 0 amide bonds. The summed E-state index contributed by atoms with van der Waals surface area (Å²) in [5, 5.41) is 2.27. The highest BCUT2D eigenvalue weighted by molar-refractivity contribution is 5.48. The lowest BCUT2D eigenvalue weighted by molar-refractivity contribution is 0.840. The zero-order valence-electron chi connectivity index (χ0n) is 8.39. The van der Waals surface area contributed by atoms with Crippen LogP contribution in [0.3, 0.4) is 0 Å². The van der Waals surface area contributed by atoms with Gasteiger partial charge in [0.05, 0.1) is 5.35 Å². The number of terminal acetylenes is 1. The Labute approximate surface area is 79.2 Å². The molecule has 0 aliphatic carbocycles. The lowest BCUT2D eigenvalue weighted by Gasteiger charge is -2.02. The minimum atomic E-state index is 0.556. The summed E-state index contributed by atoms with van der Waals surface area (Å²) in [5.41, 5.74) is 1.36. The Balaban J connectivity index is 3.48. The van der Waals surface area contributed by atoms with Crippen LogP contribution in [-0.2, 0) is 0 Å². The van der Waals surface area contributed by atoms with Crippen LogP contribution in [0.1, 0.15) is 20.8 Å². The Hall–Kier alpha value is -1.42. The summed E-state index contributed by atoms with van der Waals surface area (Å²) in [4.78, 5) is 3.12. The topological polar surface area (TPSA) is 15.8 Å². The third-order valence-corrected chi connectivity index (χ3v) is 2.30. The van der Waals surface area contributed by atoms with Crippen molar-refractivity contribution in [3.63, 3.8) is 0 Å². The van der Waals surface area contributed by atoms with Crippen LogP contribution in [-0.4, -0.2) is 4.98 Å². The number of aromatic amines is 1.